The van der Waals surface area contributed by atoms with Crippen LogP contribution in [-0.2, 0) is 0 Å². The molecule has 2 rings (SSSR count). The van der Waals surface area contributed by atoms with Gasteiger partial charge in [-0.1, -0.05) is 0 Å². The standard InChI is InChI=1S/C13H11N3O4/c1-7(17)9-4-10(14-6-9)12(18)16-11-3-2-8(5-15-11)13(19)20/h2-6,14H,1H3,(H,19,20)(H,15,16,18). The molecule has 0 unspecified atom stereocenters. The van der Waals surface area contributed by atoms with E-state index in [-0.39, 0.29) is 22.9 Å². The third-order valence-electron chi connectivity index (χ3n) is 2.59. The van der Waals surface area contributed by atoms with Crippen LogP contribution >= 0.6 is 0 Å². The van der Waals surface area contributed by atoms with Gasteiger partial charge in [-0.2, -0.15) is 0 Å². The maximum Gasteiger partial charge on any atom is 0.337 e. The van der Waals surface area contributed by atoms with Gasteiger partial charge in [-0.3, -0.25) is 9.59 Å². The molecule has 0 fully saturated rings. The molecular formula is C13H11N3O4. The zero-order valence-corrected chi connectivity index (χ0v) is 10.5. The monoisotopic (exact) mass is 273 g/mol. The maximum atomic E-state index is 11.9. The van der Waals surface area contributed by atoms with Crippen LogP contribution in [0.25, 0.3) is 0 Å². The van der Waals surface area contributed by atoms with Gasteiger partial charge in [-0.05, 0) is 25.1 Å². The van der Waals surface area contributed by atoms with Crippen molar-refractivity contribution in [2.45, 2.75) is 6.92 Å². The van der Waals surface area contributed by atoms with E-state index in [4.69, 9.17) is 5.11 Å². The minimum absolute atomic E-state index is 0.0294. The van der Waals surface area contributed by atoms with Crippen molar-refractivity contribution in [2.24, 2.45) is 0 Å². The average Bonchev–Trinajstić information content (AvgIpc) is 2.89. The minimum Gasteiger partial charge on any atom is -0.478 e. The zero-order valence-electron chi connectivity index (χ0n) is 10.5. The molecule has 0 aliphatic carbocycles. The molecule has 0 saturated heterocycles. The normalized spacial score (nSPS) is 10.1. The Morgan fingerprint density at radius 3 is 2.50 bits per heavy atom. The fraction of sp³-hybridized carbons (Fsp3) is 0.0769. The van der Waals surface area contributed by atoms with Gasteiger partial charge in [-0.15, -0.1) is 0 Å². The summed E-state index contributed by atoms with van der Waals surface area (Å²) in [4.78, 5) is 40.1. The van der Waals surface area contributed by atoms with Gasteiger partial charge in [0.2, 0.25) is 0 Å². The first kappa shape index (κ1) is 13.5. The summed E-state index contributed by atoms with van der Waals surface area (Å²) >= 11 is 0. The average molecular weight is 273 g/mol. The molecule has 2 heterocycles. The fourth-order valence-corrected chi connectivity index (χ4v) is 1.51. The lowest BCUT2D eigenvalue weighted by Gasteiger charge is -2.02. The first-order valence-corrected chi connectivity index (χ1v) is 5.67. The molecule has 0 radical (unpaired) electrons. The van der Waals surface area contributed by atoms with E-state index in [0.717, 1.165) is 6.20 Å². The van der Waals surface area contributed by atoms with Crippen molar-refractivity contribution in [3.05, 3.63) is 47.4 Å². The second kappa shape index (κ2) is 5.35. The van der Waals surface area contributed by atoms with Crippen LogP contribution in [0, 0.1) is 0 Å². The molecule has 2 aromatic heterocycles. The van der Waals surface area contributed by atoms with Crippen LogP contribution in [-0.4, -0.2) is 32.7 Å². The molecule has 0 aliphatic rings. The molecule has 0 bridgehead atoms. The Morgan fingerprint density at radius 1 is 1.25 bits per heavy atom. The van der Waals surface area contributed by atoms with Crippen molar-refractivity contribution in [1.82, 2.24) is 9.97 Å². The van der Waals surface area contributed by atoms with Crippen LogP contribution in [0.15, 0.2) is 30.6 Å². The SMILES string of the molecule is CC(=O)c1c[nH]c(C(=O)Nc2ccc(C(=O)O)cn2)c1. The van der Waals surface area contributed by atoms with Crippen molar-refractivity contribution in [2.75, 3.05) is 5.32 Å². The molecule has 2 aromatic rings. The van der Waals surface area contributed by atoms with Crippen LogP contribution in [0.4, 0.5) is 5.82 Å². The molecule has 0 aromatic carbocycles. The number of aromatic nitrogens is 2. The van der Waals surface area contributed by atoms with Gasteiger partial charge in [0.15, 0.2) is 5.78 Å². The van der Waals surface area contributed by atoms with Crippen LogP contribution in [0.2, 0.25) is 0 Å². The van der Waals surface area contributed by atoms with Gasteiger partial charge in [0.05, 0.1) is 5.56 Å². The molecule has 0 atom stereocenters. The third kappa shape index (κ3) is 2.89. The summed E-state index contributed by atoms with van der Waals surface area (Å²) < 4.78 is 0. The number of carbonyl (C=O) groups is 3. The Labute approximate surface area is 113 Å². The number of hydrogen-bond acceptors (Lipinski definition) is 4. The molecule has 1 amide bonds. The van der Waals surface area contributed by atoms with Crippen LogP contribution in [0.3, 0.4) is 0 Å². The topological polar surface area (TPSA) is 112 Å². The lowest BCUT2D eigenvalue weighted by Crippen LogP contribution is -2.13. The number of rotatable bonds is 4. The molecule has 7 nitrogen and oxygen atoms in total. The molecular weight excluding hydrogens is 262 g/mol. The van der Waals surface area contributed by atoms with E-state index in [2.05, 4.69) is 15.3 Å². The number of ketones is 1. The second-order valence-electron chi connectivity index (χ2n) is 4.05. The highest BCUT2D eigenvalue weighted by Gasteiger charge is 2.11. The van der Waals surface area contributed by atoms with Gasteiger partial charge < -0.3 is 15.4 Å². The van der Waals surface area contributed by atoms with Gasteiger partial charge in [-0.25, -0.2) is 9.78 Å². The number of hydrogen-bond donors (Lipinski definition) is 3. The number of aromatic amines is 1. The Balaban J connectivity index is 2.10. The van der Waals surface area contributed by atoms with Gasteiger partial charge >= 0.3 is 5.97 Å². The molecule has 0 saturated carbocycles. The highest BCUT2D eigenvalue weighted by atomic mass is 16.4. The number of H-pyrrole nitrogens is 1. The van der Waals surface area contributed by atoms with Crippen molar-refractivity contribution >= 4 is 23.5 Å². The molecule has 0 spiro atoms. The Bertz CT molecular complexity index is 673. The highest BCUT2D eigenvalue weighted by molar-refractivity contribution is 6.05. The van der Waals surface area contributed by atoms with Crippen LogP contribution in [0.1, 0.15) is 38.1 Å². The molecule has 3 N–H and O–H groups in total. The van der Waals surface area contributed by atoms with E-state index in [0.29, 0.717) is 5.56 Å². The number of carboxylic acid groups (broad SMARTS) is 1. The summed E-state index contributed by atoms with van der Waals surface area (Å²) in [5, 5.41) is 11.2. The van der Waals surface area contributed by atoms with Crippen LogP contribution in [0.5, 0.6) is 0 Å². The number of Topliss-reactive ketones (excluding diaryl/α,β-unsaturated/α-hetero) is 1. The predicted octanol–water partition coefficient (Wildman–Crippen LogP) is 1.56. The Hall–Kier alpha value is -2.96. The smallest absolute Gasteiger partial charge is 0.337 e. The Morgan fingerprint density at radius 2 is 2.00 bits per heavy atom. The summed E-state index contributed by atoms with van der Waals surface area (Å²) in [6, 6.07) is 4.15. The number of carboxylic acids is 1. The quantitative estimate of drug-likeness (QED) is 0.732. The fourth-order valence-electron chi connectivity index (χ4n) is 1.51. The van der Waals surface area contributed by atoms with E-state index < -0.39 is 11.9 Å². The number of pyridine rings is 1. The second-order valence-corrected chi connectivity index (χ2v) is 4.05. The van der Waals surface area contributed by atoms with E-state index in [1.165, 1.54) is 31.3 Å². The zero-order chi connectivity index (χ0) is 14.7. The van der Waals surface area contributed by atoms with Crippen LogP contribution < -0.4 is 5.32 Å². The number of nitrogens with one attached hydrogen (secondary N) is 2. The first-order valence-electron chi connectivity index (χ1n) is 5.67. The maximum absolute atomic E-state index is 11.9. The minimum atomic E-state index is -1.09. The number of nitrogens with zero attached hydrogens (tertiary/aromatic N) is 1. The van der Waals surface area contributed by atoms with E-state index in [1.54, 1.807) is 0 Å². The summed E-state index contributed by atoms with van der Waals surface area (Å²) in [5.41, 5.74) is 0.658. The molecule has 0 aliphatic heterocycles. The van der Waals surface area contributed by atoms with E-state index >= 15 is 0 Å². The number of amides is 1. The van der Waals surface area contributed by atoms with Crippen molar-refractivity contribution in [3.8, 4) is 0 Å². The van der Waals surface area contributed by atoms with Gasteiger partial charge in [0, 0.05) is 18.0 Å². The van der Waals surface area contributed by atoms with E-state index in [9.17, 15) is 14.4 Å². The summed E-state index contributed by atoms with van der Waals surface area (Å²) in [6.07, 6.45) is 2.59. The van der Waals surface area contributed by atoms with E-state index in [1.807, 2.05) is 0 Å². The van der Waals surface area contributed by atoms with Crippen molar-refractivity contribution < 1.29 is 19.5 Å². The number of aromatic carboxylic acids is 1. The summed E-state index contributed by atoms with van der Waals surface area (Å²) in [7, 11) is 0. The van der Waals surface area contributed by atoms with Gasteiger partial charge in [0.1, 0.15) is 11.5 Å². The summed E-state index contributed by atoms with van der Waals surface area (Å²) in [5.74, 6) is -1.48. The molecule has 102 valence electrons. The largest absolute Gasteiger partial charge is 0.478 e. The number of carbonyl (C=O) groups excluding carboxylic acids is 2. The van der Waals surface area contributed by atoms with Crippen molar-refractivity contribution in [3.63, 3.8) is 0 Å². The third-order valence-corrected chi connectivity index (χ3v) is 2.59. The lowest BCUT2D eigenvalue weighted by atomic mass is 10.2. The lowest BCUT2D eigenvalue weighted by molar-refractivity contribution is 0.0696. The molecule has 20 heavy (non-hydrogen) atoms. The highest BCUT2D eigenvalue weighted by Crippen LogP contribution is 2.09. The predicted molar refractivity (Wildman–Crippen MR) is 69.9 cm³/mol. The molecule has 7 heteroatoms. The first-order chi connectivity index (χ1) is 9.47. The Kier molecular flexibility index (Phi) is 3.60. The van der Waals surface area contributed by atoms with Crippen molar-refractivity contribution in [1.29, 1.82) is 0 Å². The summed E-state index contributed by atoms with van der Waals surface area (Å²) in [6.45, 7) is 1.40. The van der Waals surface area contributed by atoms with Gasteiger partial charge in [0.25, 0.3) is 5.91 Å². The number of anilines is 1.